The molecule has 0 fully saturated rings. The van der Waals surface area contributed by atoms with Crippen molar-refractivity contribution in [3.63, 3.8) is 0 Å². The van der Waals surface area contributed by atoms with E-state index < -0.39 is 24.4 Å². The van der Waals surface area contributed by atoms with Gasteiger partial charge >= 0.3 is 11.9 Å². The summed E-state index contributed by atoms with van der Waals surface area (Å²) in [5, 5.41) is 17.3. The maximum Gasteiger partial charge on any atom is 0.374 e. The molecule has 5 nitrogen and oxygen atoms in total. The maximum atomic E-state index is 10.8. The van der Waals surface area contributed by atoms with Gasteiger partial charge in [0, 0.05) is 12.1 Å². The van der Waals surface area contributed by atoms with Gasteiger partial charge in [-0.3, -0.25) is 4.79 Å². The summed E-state index contributed by atoms with van der Waals surface area (Å²) in [5.74, 6) is -2.28. The fourth-order valence-corrected chi connectivity index (χ4v) is 1.11. The number of aliphatic carboxylic acids is 2. The molecule has 0 aromatic carbocycles. The Kier molecular flexibility index (Phi) is 3.17. The van der Waals surface area contributed by atoms with Crippen LogP contribution in [0.2, 0.25) is 0 Å². The van der Waals surface area contributed by atoms with Gasteiger partial charge < -0.3 is 10.2 Å². The van der Waals surface area contributed by atoms with Crippen LogP contribution < -0.4 is 4.57 Å². The number of carbonyl (C=O) groups is 2. The van der Waals surface area contributed by atoms with E-state index in [0.717, 1.165) is 0 Å². The van der Waals surface area contributed by atoms with Gasteiger partial charge in [-0.1, -0.05) is 6.07 Å². The molecule has 0 aliphatic heterocycles. The van der Waals surface area contributed by atoms with E-state index in [-0.39, 0.29) is 0 Å². The molecule has 5 heteroatoms. The predicted octanol–water partition coefficient (Wildman–Crippen LogP) is 0.0745. The summed E-state index contributed by atoms with van der Waals surface area (Å²) in [6.07, 6.45) is 2.63. The van der Waals surface area contributed by atoms with Gasteiger partial charge in [0.2, 0.25) is 0 Å². The zero-order valence-corrected chi connectivity index (χ0v) is 7.33. The Bertz CT molecular complexity index is 336. The van der Waals surface area contributed by atoms with Crippen LogP contribution in [0.1, 0.15) is 12.5 Å². The van der Waals surface area contributed by atoms with Crippen molar-refractivity contribution in [2.24, 2.45) is 0 Å². The second kappa shape index (κ2) is 4.36. The summed E-state index contributed by atoms with van der Waals surface area (Å²) < 4.78 is 1.36. The second-order valence-electron chi connectivity index (χ2n) is 2.77. The van der Waals surface area contributed by atoms with Crippen molar-refractivity contribution >= 4 is 11.9 Å². The standard InChI is InChI=1S/C9H9NO4/c11-8(12)6-7(9(13)14)10-4-2-1-3-5-10/h1-5,7H,6H2,(H-,11,12,13,14)/p+1. The lowest BCUT2D eigenvalue weighted by molar-refractivity contribution is -0.710. The highest BCUT2D eigenvalue weighted by molar-refractivity contribution is 5.77. The van der Waals surface area contributed by atoms with Crippen LogP contribution in [0.4, 0.5) is 0 Å². The lowest BCUT2D eigenvalue weighted by atomic mass is 10.2. The zero-order chi connectivity index (χ0) is 10.6. The second-order valence-corrected chi connectivity index (χ2v) is 2.77. The SMILES string of the molecule is O=C(O)CC(C(=O)O)[n+]1ccccc1. The zero-order valence-electron chi connectivity index (χ0n) is 7.33. The van der Waals surface area contributed by atoms with Crippen LogP contribution in [-0.2, 0) is 9.59 Å². The Morgan fingerprint density at radius 2 is 1.71 bits per heavy atom. The highest BCUT2D eigenvalue weighted by Gasteiger charge is 2.29. The van der Waals surface area contributed by atoms with Gasteiger partial charge in [-0.2, -0.15) is 4.57 Å². The number of nitrogens with zero attached hydrogens (tertiary/aromatic N) is 1. The van der Waals surface area contributed by atoms with Crippen molar-refractivity contribution in [2.75, 3.05) is 0 Å². The van der Waals surface area contributed by atoms with Crippen LogP contribution in [0.5, 0.6) is 0 Å². The van der Waals surface area contributed by atoms with E-state index in [2.05, 4.69) is 0 Å². The van der Waals surface area contributed by atoms with Gasteiger partial charge in [0.15, 0.2) is 12.4 Å². The first-order valence-electron chi connectivity index (χ1n) is 4.01. The van der Waals surface area contributed by atoms with Gasteiger partial charge in [-0.25, -0.2) is 4.79 Å². The molecule has 0 radical (unpaired) electrons. The van der Waals surface area contributed by atoms with Crippen LogP contribution >= 0.6 is 0 Å². The number of hydrogen-bond donors (Lipinski definition) is 2. The number of pyridine rings is 1. The summed E-state index contributed by atoms with van der Waals surface area (Å²) in [6, 6.07) is 3.99. The van der Waals surface area contributed by atoms with E-state index in [9.17, 15) is 9.59 Å². The van der Waals surface area contributed by atoms with Crippen molar-refractivity contribution in [2.45, 2.75) is 12.5 Å². The van der Waals surface area contributed by atoms with Gasteiger partial charge in [-0.05, 0) is 0 Å². The average molecular weight is 196 g/mol. The lowest BCUT2D eigenvalue weighted by Crippen LogP contribution is -2.44. The smallest absolute Gasteiger partial charge is 0.374 e. The number of carboxylic acid groups (broad SMARTS) is 2. The van der Waals surface area contributed by atoms with Gasteiger partial charge in [-0.15, -0.1) is 0 Å². The number of hydrogen-bond acceptors (Lipinski definition) is 2. The van der Waals surface area contributed by atoms with E-state index in [1.54, 1.807) is 18.2 Å². The molecule has 0 spiro atoms. The summed E-state index contributed by atoms with van der Waals surface area (Å²) in [4.78, 5) is 21.2. The van der Waals surface area contributed by atoms with Crippen LogP contribution in [0.3, 0.4) is 0 Å². The Labute approximate surface area is 80.2 Å². The molecule has 0 aliphatic carbocycles. The van der Waals surface area contributed by atoms with E-state index in [4.69, 9.17) is 10.2 Å². The summed E-state index contributed by atoms with van der Waals surface area (Å²) in [5.41, 5.74) is 0. The molecule has 1 heterocycles. The Balaban J connectivity index is 2.89. The quantitative estimate of drug-likeness (QED) is 0.668. The van der Waals surface area contributed by atoms with E-state index in [1.807, 2.05) is 0 Å². The summed E-state index contributed by atoms with van der Waals surface area (Å²) in [6.45, 7) is 0. The third-order valence-electron chi connectivity index (χ3n) is 1.75. The molecule has 1 atom stereocenters. The van der Waals surface area contributed by atoms with Crippen molar-refractivity contribution < 1.29 is 24.4 Å². The topological polar surface area (TPSA) is 78.5 Å². The highest BCUT2D eigenvalue weighted by Crippen LogP contribution is 2.02. The molecule has 14 heavy (non-hydrogen) atoms. The number of carboxylic acids is 2. The van der Waals surface area contributed by atoms with Crippen LogP contribution in [0.15, 0.2) is 30.6 Å². The number of aromatic nitrogens is 1. The van der Waals surface area contributed by atoms with Crippen molar-refractivity contribution in [3.8, 4) is 0 Å². The molecular weight excluding hydrogens is 186 g/mol. The molecule has 74 valence electrons. The Hall–Kier alpha value is -1.91. The van der Waals surface area contributed by atoms with Crippen LogP contribution in [0.25, 0.3) is 0 Å². The molecule has 1 unspecified atom stereocenters. The van der Waals surface area contributed by atoms with E-state index in [1.165, 1.54) is 17.0 Å². The number of rotatable bonds is 4. The van der Waals surface area contributed by atoms with Gasteiger partial charge in [0.25, 0.3) is 6.04 Å². The first-order valence-corrected chi connectivity index (χ1v) is 4.01. The monoisotopic (exact) mass is 196 g/mol. The molecule has 0 amide bonds. The maximum absolute atomic E-state index is 10.8. The molecule has 1 rings (SSSR count). The molecule has 0 saturated carbocycles. The van der Waals surface area contributed by atoms with Crippen LogP contribution in [-0.4, -0.2) is 22.2 Å². The molecule has 0 aliphatic rings. The lowest BCUT2D eigenvalue weighted by Gasteiger charge is -2.03. The minimum absolute atomic E-state index is 0.427. The minimum atomic E-state index is -1.15. The summed E-state index contributed by atoms with van der Waals surface area (Å²) >= 11 is 0. The Morgan fingerprint density at radius 1 is 1.14 bits per heavy atom. The predicted molar refractivity (Wildman–Crippen MR) is 45.6 cm³/mol. The van der Waals surface area contributed by atoms with Crippen molar-refractivity contribution in [1.82, 2.24) is 0 Å². The third kappa shape index (κ3) is 2.55. The normalized spacial score (nSPS) is 12.0. The van der Waals surface area contributed by atoms with Gasteiger partial charge in [0.05, 0.1) is 0 Å². The largest absolute Gasteiger partial charge is 0.481 e. The first kappa shape index (κ1) is 10.2. The molecule has 0 saturated heterocycles. The molecule has 1 aromatic heterocycles. The molecule has 0 bridgehead atoms. The van der Waals surface area contributed by atoms with E-state index in [0.29, 0.717) is 0 Å². The van der Waals surface area contributed by atoms with E-state index >= 15 is 0 Å². The fraction of sp³-hybridized carbons (Fsp3) is 0.222. The highest BCUT2D eigenvalue weighted by atomic mass is 16.4. The molecule has 2 N–H and O–H groups in total. The minimum Gasteiger partial charge on any atom is -0.481 e. The van der Waals surface area contributed by atoms with Crippen LogP contribution in [0, 0.1) is 0 Å². The fourth-order valence-electron chi connectivity index (χ4n) is 1.11. The average Bonchev–Trinajstić information content (AvgIpc) is 2.15. The first-order chi connectivity index (χ1) is 6.61. The van der Waals surface area contributed by atoms with Crippen molar-refractivity contribution in [1.29, 1.82) is 0 Å². The summed E-state index contributed by atoms with van der Waals surface area (Å²) in [7, 11) is 0. The molecular formula is C9H10NO4+. The third-order valence-corrected chi connectivity index (χ3v) is 1.75. The molecule has 1 aromatic rings. The Morgan fingerprint density at radius 3 is 2.14 bits per heavy atom. The van der Waals surface area contributed by atoms with Crippen molar-refractivity contribution in [3.05, 3.63) is 30.6 Å². The van der Waals surface area contributed by atoms with Gasteiger partial charge in [0.1, 0.15) is 6.42 Å².